The highest BCUT2D eigenvalue weighted by Crippen LogP contribution is 2.43. The first-order valence-electron chi connectivity index (χ1n) is 7.97. The van der Waals surface area contributed by atoms with Crippen molar-refractivity contribution < 1.29 is 0 Å². The van der Waals surface area contributed by atoms with Gasteiger partial charge in [-0.3, -0.25) is 0 Å². The summed E-state index contributed by atoms with van der Waals surface area (Å²) >= 11 is 1.91. The second-order valence-corrected chi connectivity index (χ2v) is 7.41. The van der Waals surface area contributed by atoms with Crippen LogP contribution in [0.2, 0.25) is 0 Å². The zero-order valence-electron chi connectivity index (χ0n) is 13.2. The molecule has 0 radical (unpaired) electrons. The van der Waals surface area contributed by atoms with E-state index in [0.29, 0.717) is 0 Å². The van der Waals surface area contributed by atoms with Gasteiger partial charge in [-0.25, -0.2) is 0 Å². The molecule has 0 bridgehead atoms. The molecule has 0 aliphatic heterocycles. The Morgan fingerprint density at radius 3 is 2.30 bits per heavy atom. The van der Waals surface area contributed by atoms with Gasteiger partial charge >= 0.3 is 0 Å². The van der Waals surface area contributed by atoms with E-state index in [4.69, 9.17) is 0 Å². The number of rotatable bonds is 0. The summed E-state index contributed by atoms with van der Waals surface area (Å²) in [6, 6.07) is 22.3. The Balaban J connectivity index is 2.17. The first-order chi connectivity index (χ1) is 11.2. The van der Waals surface area contributed by atoms with Crippen molar-refractivity contribution in [1.29, 1.82) is 0 Å². The van der Waals surface area contributed by atoms with E-state index in [2.05, 4.69) is 74.5 Å². The fourth-order valence-electron chi connectivity index (χ4n) is 3.92. The van der Waals surface area contributed by atoms with Crippen molar-refractivity contribution in [2.24, 2.45) is 0 Å². The van der Waals surface area contributed by atoms with E-state index >= 15 is 0 Å². The van der Waals surface area contributed by atoms with Crippen molar-refractivity contribution >= 4 is 53.1 Å². The smallest absolute Gasteiger partial charge is 0.0364 e. The maximum absolute atomic E-state index is 2.37. The molecular weight excluding hydrogens is 296 g/mol. The topological polar surface area (TPSA) is 0 Å². The molecule has 0 atom stereocenters. The van der Waals surface area contributed by atoms with Crippen LogP contribution in [0.1, 0.15) is 11.1 Å². The van der Waals surface area contributed by atoms with Crippen LogP contribution in [0, 0.1) is 13.8 Å². The van der Waals surface area contributed by atoms with Gasteiger partial charge in [0, 0.05) is 20.2 Å². The van der Waals surface area contributed by atoms with Crippen LogP contribution in [0.5, 0.6) is 0 Å². The number of thiophene rings is 1. The molecule has 0 amide bonds. The molecule has 0 aliphatic rings. The number of benzene rings is 4. The van der Waals surface area contributed by atoms with Crippen molar-refractivity contribution in [1.82, 2.24) is 0 Å². The fraction of sp³-hybridized carbons (Fsp3) is 0.0909. The van der Waals surface area contributed by atoms with Crippen molar-refractivity contribution in [3.05, 3.63) is 71.8 Å². The van der Waals surface area contributed by atoms with Crippen molar-refractivity contribution in [3.63, 3.8) is 0 Å². The number of hydrogen-bond donors (Lipinski definition) is 0. The van der Waals surface area contributed by atoms with Gasteiger partial charge in [0.25, 0.3) is 0 Å². The van der Waals surface area contributed by atoms with Crippen molar-refractivity contribution in [2.75, 3.05) is 0 Å². The molecule has 0 saturated heterocycles. The monoisotopic (exact) mass is 312 g/mol. The van der Waals surface area contributed by atoms with Crippen LogP contribution in [-0.4, -0.2) is 0 Å². The van der Waals surface area contributed by atoms with Crippen LogP contribution < -0.4 is 0 Å². The van der Waals surface area contributed by atoms with Gasteiger partial charge in [-0.15, -0.1) is 11.3 Å². The Morgan fingerprint density at radius 2 is 1.39 bits per heavy atom. The zero-order valence-corrected chi connectivity index (χ0v) is 14.0. The highest BCUT2D eigenvalue weighted by molar-refractivity contribution is 7.26. The molecule has 0 unspecified atom stereocenters. The highest BCUT2D eigenvalue weighted by atomic mass is 32.1. The normalized spacial score (nSPS) is 11.9. The Hall–Kier alpha value is -2.38. The van der Waals surface area contributed by atoms with E-state index in [0.717, 1.165) is 0 Å². The minimum Gasteiger partial charge on any atom is -0.135 e. The Bertz CT molecular complexity index is 1220. The Morgan fingerprint density at radius 1 is 0.609 bits per heavy atom. The van der Waals surface area contributed by atoms with Crippen LogP contribution >= 0.6 is 11.3 Å². The summed E-state index contributed by atoms with van der Waals surface area (Å²) in [5.74, 6) is 0. The standard InChI is InChI=1S/C22H16S/c1-13-6-5-9-17-20(13)14(2)12-19-22(17)21-16-8-4-3-7-15(16)10-11-18(21)23-19/h3-12H,1-2H3. The lowest BCUT2D eigenvalue weighted by atomic mass is 9.95. The zero-order chi connectivity index (χ0) is 15.6. The molecule has 0 N–H and O–H groups in total. The largest absolute Gasteiger partial charge is 0.135 e. The summed E-state index contributed by atoms with van der Waals surface area (Å²) in [5.41, 5.74) is 2.74. The first-order valence-corrected chi connectivity index (χ1v) is 8.78. The van der Waals surface area contributed by atoms with Crippen LogP contribution in [0.15, 0.2) is 60.7 Å². The lowest BCUT2D eigenvalue weighted by molar-refractivity contribution is 1.48. The molecule has 5 rings (SSSR count). The Kier molecular flexibility index (Phi) is 2.60. The van der Waals surface area contributed by atoms with Gasteiger partial charge in [-0.1, -0.05) is 48.5 Å². The van der Waals surface area contributed by atoms with Crippen LogP contribution in [0.4, 0.5) is 0 Å². The molecule has 0 fully saturated rings. The quantitative estimate of drug-likeness (QED) is 0.289. The van der Waals surface area contributed by atoms with E-state index in [1.807, 2.05) is 11.3 Å². The minimum absolute atomic E-state index is 1.32. The third-order valence-corrected chi connectivity index (χ3v) is 5.99. The molecule has 1 heteroatoms. The van der Waals surface area contributed by atoms with Crippen LogP contribution in [0.3, 0.4) is 0 Å². The molecule has 1 heterocycles. The van der Waals surface area contributed by atoms with E-state index in [9.17, 15) is 0 Å². The summed E-state index contributed by atoms with van der Waals surface area (Å²) < 4.78 is 2.78. The summed E-state index contributed by atoms with van der Waals surface area (Å²) in [5, 5.41) is 8.32. The predicted octanol–water partition coefficient (Wildman–Crippen LogP) is 6.98. The molecule has 0 spiro atoms. The van der Waals surface area contributed by atoms with E-state index in [1.165, 1.54) is 52.8 Å². The van der Waals surface area contributed by atoms with Crippen LogP contribution in [-0.2, 0) is 0 Å². The fourth-order valence-corrected chi connectivity index (χ4v) is 5.16. The summed E-state index contributed by atoms with van der Waals surface area (Å²) in [4.78, 5) is 0. The van der Waals surface area contributed by atoms with Gasteiger partial charge < -0.3 is 0 Å². The summed E-state index contributed by atoms with van der Waals surface area (Å²) in [6.07, 6.45) is 0. The van der Waals surface area contributed by atoms with Gasteiger partial charge in [0.05, 0.1) is 0 Å². The maximum atomic E-state index is 2.37. The lowest BCUT2D eigenvalue weighted by Gasteiger charge is -2.08. The number of hydrogen-bond acceptors (Lipinski definition) is 1. The number of fused-ring (bicyclic) bond motifs is 7. The van der Waals surface area contributed by atoms with E-state index in [1.54, 1.807) is 0 Å². The van der Waals surface area contributed by atoms with Gasteiger partial charge in [-0.2, -0.15) is 0 Å². The molecule has 0 saturated carbocycles. The second kappa shape index (κ2) is 4.56. The minimum atomic E-state index is 1.32. The predicted molar refractivity (Wildman–Crippen MR) is 104 cm³/mol. The molecule has 23 heavy (non-hydrogen) atoms. The van der Waals surface area contributed by atoms with E-state index < -0.39 is 0 Å². The average Bonchev–Trinajstić information content (AvgIpc) is 2.93. The number of aryl methyl sites for hydroxylation is 2. The molecule has 5 aromatic rings. The highest BCUT2D eigenvalue weighted by Gasteiger charge is 2.13. The SMILES string of the molecule is Cc1cccc2c1c(C)cc1sc3ccc4ccccc4c3c12. The van der Waals surface area contributed by atoms with Gasteiger partial charge in [0.2, 0.25) is 0 Å². The van der Waals surface area contributed by atoms with Gasteiger partial charge in [-0.05, 0) is 58.7 Å². The maximum Gasteiger partial charge on any atom is 0.0364 e. The van der Waals surface area contributed by atoms with E-state index in [-0.39, 0.29) is 0 Å². The molecule has 0 aliphatic carbocycles. The van der Waals surface area contributed by atoms with Crippen molar-refractivity contribution in [2.45, 2.75) is 13.8 Å². The average molecular weight is 312 g/mol. The molecule has 0 nitrogen and oxygen atoms in total. The molecule has 1 aromatic heterocycles. The lowest BCUT2D eigenvalue weighted by Crippen LogP contribution is -1.84. The first kappa shape index (κ1) is 13.1. The molecule has 110 valence electrons. The molecular formula is C22H16S. The third-order valence-electron chi connectivity index (χ3n) is 4.89. The third kappa shape index (κ3) is 1.71. The van der Waals surface area contributed by atoms with Gasteiger partial charge in [0.15, 0.2) is 0 Å². The summed E-state index contributed by atoms with van der Waals surface area (Å²) in [6.45, 7) is 4.45. The second-order valence-electron chi connectivity index (χ2n) is 6.33. The van der Waals surface area contributed by atoms with Crippen molar-refractivity contribution in [3.8, 4) is 0 Å². The van der Waals surface area contributed by atoms with Crippen LogP contribution in [0.25, 0.3) is 41.7 Å². The Labute approximate surface area is 139 Å². The van der Waals surface area contributed by atoms with Gasteiger partial charge in [0.1, 0.15) is 0 Å². The summed E-state index contributed by atoms with van der Waals surface area (Å²) in [7, 11) is 0. The molecule has 4 aromatic carbocycles.